The summed E-state index contributed by atoms with van der Waals surface area (Å²) in [7, 11) is 1.73. The fraction of sp³-hybridized carbons (Fsp3) is 0.455. The molecule has 7 heteroatoms. The van der Waals surface area contributed by atoms with Crippen LogP contribution in [0.4, 0.5) is 5.69 Å². The molecular weight excluding hydrogens is 260 g/mol. The van der Waals surface area contributed by atoms with Crippen LogP contribution in [0.1, 0.15) is 18.1 Å². The lowest BCUT2D eigenvalue weighted by molar-refractivity contribution is -0.384. The van der Waals surface area contributed by atoms with Gasteiger partial charge in [0, 0.05) is 17.7 Å². The number of nitro benzene ring substituents is 1. The van der Waals surface area contributed by atoms with Crippen LogP contribution in [0.5, 0.6) is 0 Å². The predicted molar refractivity (Wildman–Crippen MR) is 67.6 cm³/mol. The molecule has 0 saturated heterocycles. The third-order valence-electron chi connectivity index (χ3n) is 2.57. The van der Waals surface area contributed by atoms with Gasteiger partial charge in [-0.15, -0.1) is 0 Å². The number of hydrogen-bond acceptors (Lipinski definition) is 5. The van der Waals surface area contributed by atoms with Crippen LogP contribution in [0.3, 0.4) is 0 Å². The van der Waals surface area contributed by atoms with Crippen molar-refractivity contribution in [3.8, 4) is 0 Å². The molecule has 0 radical (unpaired) electrons. The highest BCUT2D eigenvalue weighted by atomic mass is 35.5. The molecule has 0 amide bonds. The highest BCUT2D eigenvalue weighted by Gasteiger charge is 2.21. The molecule has 0 saturated carbocycles. The number of hydrogen-bond donors (Lipinski definition) is 3. The Morgan fingerprint density at radius 1 is 1.50 bits per heavy atom. The van der Waals surface area contributed by atoms with Crippen molar-refractivity contribution in [2.75, 3.05) is 13.6 Å². The topological polar surface area (TPSA) is 95.6 Å². The van der Waals surface area contributed by atoms with Gasteiger partial charge in [0.15, 0.2) is 0 Å². The Balaban J connectivity index is 2.86. The molecule has 0 fully saturated rings. The number of nitro groups is 1. The van der Waals surface area contributed by atoms with E-state index < -0.39 is 17.1 Å². The number of nitrogens with one attached hydrogen (secondary N) is 1. The van der Waals surface area contributed by atoms with Crippen molar-refractivity contribution in [1.82, 2.24) is 5.32 Å². The van der Waals surface area contributed by atoms with Crippen molar-refractivity contribution < 1.29 is 15.1 Å². The zero-order chi connectivity index (χ0) is 13.7. The van der Waals surface area contributed by atoms with Crippen LogP contribution in [0.15, 0.2) is 18.2 Å². The number of non-ortho nitro benzene ring substituents is 1. The Kier molecular flexibility index (Phi) is 5.49. The lowest BCUT2D eigenvalue weighted by Gasteiger charge is -2.18. The van der Waals surface area contributed by atoms with Crippen molar-refractivity contribution in [3.05, 3.63) is 38.9 Å². The quantitative estimate of drug-likeness (QED) is 0.536. The van der Waals surface area contributed by atoms with Crippen LogP contribution in [0.25, 0.3) is 0 Å². The molecule has 100 valence electrons. The van der Waals surface area contributed by atoms with Crippen LogP contribution in [0.2, 0.25) is 5.02 Å². The minimum Gasteiger partial charge on any atom is -0.390 e. The summed E-state index contributed by atoms with van der Waals surface area (Å²) in [6, 6.07) is 3.76. The third-order valence-corrected chi connectivity index (χ3v) is 2.90. The summed E-state index contributed by atoms with van der Waals surface area (Å²) >= 11 is 5.86. The summed E-state index contributed by atoms with van der Waals surface area (Å²) in [6.07, 6.45) is -1.78. The first-order valence-electron chi connectivity index (χ1n) is 5.42. The van der Waals surface area contributed by atoms with Crippen LogP contribution in [0, 0.1) is 10.1 Å². The Labute approximate surface area is 109 Å². The van der Waals surface area contributed by atoms with Crippen molar-refractivity contribution in [3.63, 3.8) is 0 Å². The van der Waals surface area contributed by atoms with E-state index in [-0.39, 0.29) is 16.3 Å². The zero-order valence-electron chi connectivity index (χ0n) is 9.84. The number of aliphatic hydroxyl groups is 2. The summed E-state index contributed by atoms with van der Waals surface area (Å²) < 4.78 is 0. The number of aliphatic hydroxyl groups excluding tert-OH is 2. The summed E-state index contributed by atoms with van der Waals surface area (Å²) in [5.74, 6) is 0. The lowest BCUT2D eigenvalue weighted by Crippen LogP contribution is -2.23. The van der Waals surface area contributed by atoms with E-state index in [0.717, 1.165) is 6.07 Å². The molecule has 0 spiro atoms. The fourth-order valence-corrected chi connectivity index (χ4v) is 1.81. The Hall–Kier alpha value is -1.21. The van der Waals surface area contributed by atoms with Crippen molar-refractivity contribution in [2.45, 2.75) is 18.6 Å². The van der Waals surface area contributed by atoms with E-state index >= 15 is 0 Å². The molecule has 18 heavy (non-hydrogen) atoms. The molecule has 2 atom stereocenters. The van der Waals surface area contributed by atoms with Gasteiger partial charge in [-0.2, -0.15) is 0 Å². The van der Waals surface area contributed by atoms with Gasteiger partial charge in [-0.3, -0.25) is 10.1 Å². The molecule has 0 bridgehead atoms. The zero-order valence-corrected chi connectivity index (χ0v) is 10.6. The molecule has 0 aliphatic heterocycles. The summed E-state index contributed by atoms with van der Waals surface area (Å²) in [5, 5.41) is 33.1. The fourth-order valence-electron chi connectivity index (χ4n) is 1.53. The van der Waals surface area contributed by atoms with E-state index in [2.05, 4.69) is 5.32 Å². The van der Waals surface area contributed by atoms with Crippen molar-refractivity contribution >= 4 is 17.3 Å². The van der Waals surface area contributed by atoms with E-state index in [1.807, 2.05) is 0 Å². The number of nitrogens with zero attached hydrogens (tertiary/aromatic N) is 1. The highest BCUT2D eigenvalue weighted by Crippen LogP contribution is 2.29. The second-order valence-electron chi connectivity index (χ2n) is 3.87. The number of rotatable bonds is 6. The van der Waals surface area contributed by atoms with Crippen molar-refractivity contribution in [1.29, 1.82) is 0 Å². The molecule has 1 aromatic rings. The average molecular weight is 275 g/mol. The Bertz CT molecular complexity index is 428. The van der Waals surface area contributed by atoms with Gasteiger partial charge in [0.2, 0.25) is 0 Å². The van der Waals surface area contributed by atoms with E-state index in [4.69, 9.17) is 11.6 Å². The first-order valence-corrected chi connectivity index (χ1v) is 5.79. The van der Waals surface area contributed by atoms with Crippen LogP contribution in [-0.4, -0.2) is 34.8 Å². The van der Waals surface area contributed by atoms with Crippen LogP contribution >= 0.6 is 11.6 Å². The molecule has 3 N–H and O–H groups in total. The van der Waals surface area contributed by atoms with Crippen LogP contribution < -0.4 is 5.32 Å². The van der Waals surface area contributed by atoms with Crippen molar-refractivity contribution in [2.24, 2.45) is 0 Å². The first kappa shape index (κ1) is 14.8. The summed E-state index contributed by atoms with van der Waals surface area (Å²) in [5.41, 5.74) is 0.131. The van der Waals surface area contributed by atoms with Gasteiger partial charge in [0.25, 0.3) is 5.69 Å². The third kappa shape index (κ3) is 3.64. The van der Waals surface area contributed by atoms with E-state index in [1.54, 1.807) is 7.05 Å². The molecule has 1 rings (SSSR count). The van der Waals surface area contributed by atoms with E-state index in [0.29, 0.717) is 13.0 Å². The summed E-state index contributed by atoms with van der Waals surface area (Å²) in [6.45, 7) is 0.544. The standard InChI is InChI=1S/C11H15ClN2O4/c1-13-5-4-10(15)11(16)8-3-2-7(14(17)18)6-9(8)12/h2-3,6,10-11,13,15-16H,4-5H2,1H3. The molecule has 6 nitrogen and oxygen atoms in total. The Morgan fingerprint density at radius 2 is 2.17 bits per heavy atom. The largest absolute Gasteiger partial charge is 0.390 e. The lowest BCUT2D eigenvalue weighted by atomic mass is 10.0. The van der Waals surface area contributed by atoms with Gasteiger partial charge in [0.05, 0.1) is 16.0 Å². The van der Waals surface area contributed by atoms with E-state index in [1.165, 1.54) is 12.1 Å². The minimum atomic E-state index is -1.16. The molecule has 2 unspecified atom stereocenters. The van der Waals surface area contributed by atoms with E-state index in [9.17, 15) is 20.3 Å². The average Bonchev–Trinajstić information content (AvgIpc) is 2.34. The normalized spacial score (nSPS) is 14.2. The molecular formula is C11H15ClN2O4. The predicted octanol–water partition coefficient (Wildman–Crippen LogP) is 1.25. The van der Waals surface area contributed by atoms with Gasteiger partial charge in [-0.1, -0.05) is 11.6 Å². The maximum Gasteiger partial charge on any atom is 0.270 e. The molecule has 0 aliphatic rings. The first-order chi connectivity index (χ1) is 8.47. The molecule has 0 aliphatic carbocycles. The van der Waals surface area contributed by atoms with Gasteiger partial charge in [-0.25, -0.2) is 0 Å². The molecule has 1 aromatic carbocycles. The minimum absolute atomic E-state index is 0.0696. The molecule has 0 aromatic heterocycles. The second-order valence-corrected chi connectivity index (χ2v) is 4.27. The maximum atomic E-state index is 10.5. The van der Waals surface area contributed by atoms with Gasteiger partial charge < -0.3 is 15.5 Å². The van der Waals surface area contributed by atoms with Gasteiger partial charge in [0.1, 0.15) is 6.10 Å². The molecule has 0 heterocycles. The smallest absolute Gasteiger partial charge is 0.270 e. The summed E-state index contributed by atoms with van der Waals surface area (Å²) in [4.78, 5) is 9.97. The van der Waals surface area contributed by atoms with Crippen LogP contribution in [-0.2, 0) is 0 Å². The number of benzene rings is 1. The Morgan fingerprint density at radius 3 is 2.67 bits per heavy atom. The SMILES string of the molecule is CNCCC(O)C(O)c1ccc([N+](=O)[O-])cc1Cl. The maximum absolute atomic E-state index is 10.5. The van der Waals surface area contributed by atoms with Gasteiger partial charge in [-0.05, 0) is 26.1 Å². The monoisotopic (exact) mass is 274 g/mol. The highest BCUT2D eigenvalue weighted by molar-refractivity contribution is 6.31. The number of halogens is 1. The van der Waals surface area contributed by atoms with Gasteiger partial charge >= 0.3 is 0 Å². The second kappa shape index (κ2) is 6.65.